The van der Waals surface area contributed by atoms with Gasteiger partial charge in [-0.05, 0) is 19.3 Å². The van der Waals surface area contributed by atoms with Crippen molar-refractivity contribution in [3.63, 3.8) is 0 Å². The molecule has 0 rings (SSSR count). The van der Waals surface area contributed by atoms with Crippen molar-refractivity contribution in [3.05, 3.63) is 0 Å². The molecule has 0 atom stereocenters. The lowest BCUT2D eigenvalue weighted by Crippen LogP contribution is -2.52. The van der Waals surface area contributed by atoms with Crippen molar-refractivity contribution >= 4 is 10.0 Å². The molecule has 0 unspecified atom stereocenters. The van der Waals surface area contributed by atoms with Crippen molar-refractivity contribution in [3.8, 4) is 0 Å². The molecular formula is C8H19NO2S. The van der Waals surface area contributed by atoms with Gasteiger partial charge >= 0.3 is 0 Å². The van der Waals surface area contributed by atoms with Gasteiger partial charge in [-0.25, -0.2) is 13.1 Å². The highest BCUT2D eigenvalue weighted by Gasteiger charge is 2.34. The highest BCUT2D eigenvalue weighted by Crippen LogP contribution is 2.29. The van der Waals surface area contributed by atoms with E-state index in [1.165, 1.54) is 6.26 Å². The predicted octanol–water partition coefficient (Wildman–Crippen LogP) is 1.36. The lowest BCUT2D eigenvalue weighted by molar-refractivity contribution is 0.208. The molecule has 12 heavy (non-hydrogen) atoms. The fraction of sp³-hybridized carbons (Fsp3) is 1.00. The summed E-state index contributed by atoms with van der Waals surface area (Å²) in [6.07, 6.45) is 1.18. The zero-order valence-corrected chi connectivity index (χ0v) is 9.54. The first-order valence-electron chi connectivity index (χ1n) is 3.95. The first kappa shape index (κ1) is 11.9. The molecule has 0 heterocycles. The highest BCUT2D eigenvalue weighted by atomic mass is 32.2. The van der Waals surface area contributed by atoms with Gasteiger partial charge in [0.05, 0.1) is 6.26 Å². The molecule has 74 valence electrons. The molecule has 0 saturated carbocycles. The van der Waals surface area contributed by atoms with E-state index in [2.05, 4.69) is 4.72 Å². The molecular weight excluding hydrogens is 174 g/mol. The quantitative estimate of drug-likeness (QED) is 0.719. The molecule has 0 aromatic heterocycles. The molecule has 0 spiro atoms. The van der Waals surface area contributed by atoms with Gasteiger partial charge in [0.25, 0.3) is 0 Å². The summed E-state index contributed by atoms with van der Waals surface area (Å²) in [5.41, 5.74) is -0.503. The SMILES string of the molecule is CC(C)(C)C(C)(C)NS(C)(=O)=O. The van der Waals surface area contributed by atoms with Gasteiger partial charge in [-0.3, -0.25) is 0 Å². The van der Waals surface area contributed by atoms with Gasteiger partial charge in [0, 0.05) is 5.54 Å². The van der Waals surface area contributed by atoms with Crippen LogP contribution >= 0.6 is 0 Å². The van der Waals surface area contributed by atoms with E-state index in [0.717, 1.165) is 0 Å². The number of rotatable bonds is 2. The van der Waals surface area contributed by atoms with Crippen LogP contribution in [0.4, 0.5) is 0 Å². The predicted molar refractivity (Wildman–Crippen MR) is 51.5 cm³/mol. The fourth-order valence-corrected chi connectivity index (χ4v) is 1.85. The molecule has 0 aliphatic heterocycles. The molecule has 0 saturated heterocycles. The topological polar surface area (TPSA) is 46.2 Å². The van der Waals surface area contributed by atoms with E-state index in [-0.39, 0.29) is 5.41 Å². The van der Waals surface area contributed by atoms with E-state index < -0.39 is 15.6 Å². The normalized spacial score (nSPS) is 14.8. The van der Waals surface area contributed by atoms with Crippen LogP contribution in [0, 0.1) is 5.41 Å². The Labute approximate surface area is 75.6 Å². The Morgan fingerprint density at radius 2 is 1.33 bits per heavy atom. The minimum Gasteiger partial charge on any atom is -0.213 e. The van der Waals surface area contributed by atoms with Crippen molar-refractivity contribution in [1.82, 2.24) is 4.72 Å². The summed E-state index contributed by atoms with van der Waals surface area (Å²) in [5, 5.41) is 0. The molecule has 3 nitrogen and oxygen atoms in total. The zero-order chi connectivity index (χ0) is 10.2. The maximum Gasteiger partial charge on any atom is 0.209 e. The number of hydrogen-bond donors (Lipinski definition) is 1. The van der Waals surface area contributed by atoms with Crippen LogP contribution < -0.4 is 4.72 Å². The van der Waals surface area contributed by atoms with Crippen molar-refractivity contribution in [1.29, 1.82) is 0 Å². The van der Waals surface area contributed by atoms with Gasteiger partial charge in [0.2, 0.25) is 10.0 Å². The van der Waals surface area contributed by atoms with Gasteiger partial charge in [0.1, 0.15) is 0 Å². The molecule has 0 aromatic carbocycles. The van der Waals surface area contributed by atoms with Gasteiger partial charge in [-0.2, -0.15) is 0 Å². The second kappa shape index (κ2) is 3.00. The van der Waals surface area contributed by atoms with Crippen LogP contribution in [0.15, 0.2) is 0 Å². The van der Waals surface area contributed by atoms with Gasteiger partial charge in [-0.15, -0.1) is 0 Å². The minimum atomic E-state index is -3.11. The van der Waals surface area contributed by atoms with Crippen molar-refractivity contribution in [2.24, 2.45) is 5.41 Å². The molecule has 4 heteroatoms. The standard InChI is InChI=1S/C8H19NO2S/c1-7(2,3)8(4,5)9-12(6,10)11/h9H,1-6H3. The van der Waals surface area contributed by atoms with Crippen molar-refractivity contribution < 1.29 is 8.42 Å². The second-order valence-electron chi connectivity index (χ2n) is 4.75. The highest BCUT2D eigenvalue weighted by molar-refractivity contribution is 7.88. The van der Waals surface area contributed by atoms with E-state index in [1.54, 1.807) is 0 Å². The van der Waals surface area contributed by atoms with Crippen LogP contribution in [0.2, 0.25) is 0 Å². The number of sulfonamides is 1. The van der Waals surface area contributed by atoms with Crippen LogP contribution in [0.3, 0.4) is 0 Å². The largest absolute Gasteiger partial charge is 0.213 e. The summed E-state index contributed by atoms with van der Waals surface area (Å²) >= 11 is 0. The van der Waals surface area contributed by atoms with Gasteiger partial charge < -0.3 is 0 Å². The Kier molecular flexibility index (Phi) is 2.97. The minimum absolute atomic E-state index is 0.0872. The number of hydrogen-bond acceptors (Lipinski definition) is 2. The monoisotopic (exact) mass is 193 g/mol. The Hall–Kier alpha value is -0.0900. The smallest absolute Gasteiger partial charge is 0.209 e. The molecule has 0 aliphatic carbocycles. The van der Waals surface area contributed by atoms with Crippen LogP contribution in [0.5, 0.6) is 0 Å². The average Bonchev–Trinajstić information content (AvgIpc) is 1.52. The third-order valence-electron chi connectivity index (χ3n) is 2.32. The molecule has 0 aromatic rings. The summed E-state index contributed by atoms with van der Waals surface area (Å²) in [5.74, 6) is 0. The first-order valence-corrected chi connectivity index (χ1v) is 5.84. The molecule has 0 amide bonds. The van der Waals surface area contributed by atoms with Crippen molar-refractivity contribution in [2.75, 3.05) is 6.26 Å². The van der Waals surface area contributed by atoms with Gasteiger partial charge in [-0.1, -0.05) is 20.8 Å². The van der Waals surface area contributed by atoms with Crippen molar-refractivity contribution in [2.45, 2.75) is 40.2 Å². The van der Waals surface area contributed by atoms with E-state index in [9.17, 15) is 8.42 Å². The second-order valence-corrected chi connectivity index (χ2v) is 6.50. The molecule has 0 aliphatic rings. The first-order chi connectivity index (χ1) is 4.96. The molecule has 1 N–H and O–H groups in total. The zero-order valence-electron chi connectivity index (χ0n) is 8.72. The fourth-order valence-electron chi connectivity index (χ4n) is 0.617. The lowest BCUT2D eigenvalue weighted by Gasteiger charge is -2.38. The van der Waals surface area contributed by atoms with Crippen LogP contribution in [-0.2, 0) is 10.0 Å². The van der Waals surface area contributed by atoms with Crippen LogP contribution in [-0.4, -0.2) is 20.2 Å². The molecule has 0 fully saturated rings. The summed E-state index contributed by atoms with van der Waals surface area (Å²) in [7, 11) is -3.11. The average molecular weight is 193 g/mol. The summed E-state index contributed by atoms with van der Waals surface area (Å²) in [4.78, 5) is 0. The Morgan fingerprint density at radius 1 is 1.00 bits per heavy atom. The molecule has 0 bridgehead atoms. The number of nitrogens with one attached hydrogen (secondary N) is 1. The Morgan fingerprint density at radius 3 is 1.42 bits per heavy atom. The Bertz CT molecular complexity index is 247. The van der Waals surface area contributed by atoms with E-state index in [0.29, 0.717) is 0 Å². The summed E-state index contributed by atoms with van der Waals surface area (Å²) in [6, 6.07) is 0. The third kappa shape index (κ3) is 3.54. The van der Waals surface area contributed by atoms with E-state index in [1.807, 2.05) is 34.6 Å². The summed E-state index contributed by atoms with van der Waals surface area (Å²) < 4.78 is 24.6. The lowest BCUT2D eigenvalue weighted by atomic mass is 9.77. The maximum absolute atomic E-state index is 11.0. The van der Waals surface area contributed by atoms with Crippen LogP contribution in [0.25, 0.3) is 0 Å². The molecule has 0 radical (unpaired) electrons. The van der Waals surface area contributed by atoms with E-state index in [4.69, 9.17) is 0 Å². The maximum atomic E-state index is 11.0. The van der Waals surface area contributed by atoms with E-state index >= 15 is 0 Å². The summed E-state index contributed by atoms with van der Waals surface area (Å²) in [6.45, 7) is 9.78. The third-order valence-corrected chi connectivity index (χ3v) is 3.20. The van der Waals surface area contributed by atoms with Crippen LogP contribution in [0.1, 0.15) is 34.6 Å². The van der Waals surface area contributed by atoms with Gasteiger partial charge in [0.15, 0.2) is 0 Å². The Balaban J connectivity index is 4.67.